The average molecular weight is 468 g/mol. The molecule has 7 nitrogen and oxygen atoms in total. The molecule has 3 aromatic carbocycles. The number of nitrogens with two attached hydrogens (primary N) is 1. The first-order valence-electron chi connectivity index (χ1n) is 10.0. The number of phenolic OH excluding ortho intramolecular Hbond substituents is 1. The highest BCUT2D eigenvalue weighted by molar-refractivity contribution is 5.96. The number of hydrazone groups is 1. The van der Waals surface area contributed by atoms with Crippen LogP contribution >= 0.6 is 0 Å². The van der Waals surface area contributed by atoms with Crippen LogP contribution in [0.5, 0.6) is 11.5 Å². The Balaban J connectivity index is 1.41. The predicted molar refractivity (Wildman–Crippen MR) is 122 cm³/mol. The van der Waals surface area contributed by atoms with E-state index in [1.165, 1.54) is 36.5 Å². The van der Waals surface area contributed by atoms with Gasteiger partial charge in [0.2, 0.25) is 0 Å². The Labute approximate surface area is 191 Å². The third kappa shape index (κ3) is 5.47. The van der Waals surface area contributed by atoms with Gasteiger partial charge in [-0.2, -0.15) is 5.10 Å². The lowest BCUT2D eigenvalue weighted by Crippen LogP contribution is -2.17. The van der Waals surface area contributed by atoms with E-state index in [-0.39, 0.29) is 22.7 Å². The van der Waals surface area contributed by atoms with Crippen molar-refractivity contribution >= 4 is 28.7 Å². The average Bonchev–Trinajstić information content (AvgIpc) is 3.18. The Hall–Kier alpha value is -4.47. The smallest absolute Gasteiger partial charge is 0.506 e. The lowest BCUT2D eigenvalue weighted by molar-refractivity contribution is -0.274. The maximum absolute atomic E-state index is 12.3. The van der Waals surface area contributed by atoms with Gasteiger partial charge in [0, 0.05) is 29.2 Å². The van der Waals surface area contributed by atoms with Crippen LogP contribution in [0.1, 0.15) is 21.5 Å². The van der Waals surface area contributed by atoms with E-state index >= 15 is 0 Å². The molecular weight excluding hydrogens is 449 g/mol. The predicted octanol–water partition coefficient (Wildman–Crippen LogP) is 4.64. The van der Waals surface area contributed by atoms with Crippen LogP contribution in [0.2, 0.25) is 0 Å². The van der Waals surface area contributed by atoms with Crippen LogP contribution < -0.4 is 15.9 Å². The van der Waals surface area contributed by atoms with Gasteiger partial charge in [0.05, 0.1) is 11.9 Å². The summed E-state index contributed by atoms with van der Waals surface area (Å²) in [5.74, 6) is -0.840. The second-order valence-electron chi connectivity index (χ2n) is 7.43. The van der Waals surface area contributed by atoms with E-state index in [1.54, 1.807) is 12.1 Å². The fourth-order valence-electron chi connectivity index (χ4n) is 3.36. The molecule has 0 saturated carbocycles. The third-order valence-corrected chi connectivity index (χ3v) is 4.97. The summed E-state index contributed by atoms with van der Waals surface area (Å²) in [6.45, 7) is 0.467. The van der Waals surface area contributed by atoms with Crippen molar-refractivity contribution < 1.29 is 27.8 Å². The first kappa shape index (κ1) is 22.7. The molecule has 1 aromatic heterocycles. The highest BCUT2D eigenvalue weighted by Gasteiger charge is 2.30. The van der Waals surface area contributed by atoms with Crippen LogP contribution in [-0.4, -0.2) is 28.2 Å². The highest BCUT2D eigenvalue weighted by Crippen LogP contribution is 2.24. The van der Waals surface area contributed by atoms with Crippen molar-refractivity contribution in [2.75, 3.05) is 5.73 Å². The zero-order valence-electron chi connectivity index (χ0n) is 17.6. The van der Waals surface area contributed by atoms with Gasteiger partial charge in [0.1, 0.15) is 11.5 Å². The van der Waals surface area contributed by atoms with E-state index in [2.05, 4.69) is 15.3 Å². The number of anilines is 1. The SMILES string of the molecule is Nc1cc(C(=O)N/N=C/c2ccc3c(ccn3Cc3ccc(OC(F)(F)F)cc3)c2)ccc1O. The Morgan fingerprint density at radius 2 is 1.85 bits per heavy atom. The van der Waals surface area contributed by atoms with Crippen LogP contribution in [0.4, 0.5) is 18.9 Å². The van der Waals surface area contributed by atoms with Gasteiger partial charge in [-0.05, 0) is 59.7 Å². The van der Waals surface area contributed by atoms with Gasteiger partial charge < -0.3 is 20.1 Å². The van der Waals surface area contributed by atoms with Crippen LogP contribution in [-0.2, 0) is 6.54 Å². The summed E-state index contributed by atoms with van der Waals surface area (Å²) in [6, 6.07) is 17.4. The number of alkyl halides is 3. The number of halogens is 3. The molecule has 34 heavy (non-hydrogen) atoms. The summed E-state index contributed by atoms with van der Waals surface area (Å²) >= 11 is 0. The number of nitrogens with one attached hydrogen (secondary N) is 1. The molecule has 1 heterocycles. The summed E-state index contributed by atoms with van der Waals surface area (Å²) in [5, 5.41) is 14.3. The van der Waals surface area contributed by atoms with Gasteiger partial charge in [-0.1, -0.05) is 18.2 Å². The van der Waals surface area contributed by atoms with Crippen molar-refractivity contribution in [2.45, 2.75) is 12.9 Å². The fourth-order valence-corrected chi connectivity index (χ4v) is 3.36. The molecule has 4 aromatic rings. The van der Waals surface area contributed by atoms with Crippen molar-refractivity contribution in [3.05, 3.63) is 89.6 Å². The van der Waals surface area contributed by atoms with Crippen LogP contribution in [0, 0.1) is 0 Å². The fraction of sp³-hybridized carbons (Fsp3) is 0.0833. The topological polar surface area (TPSA) is 102 Å². The Bertz CT molecular complexity index is 1360. The summed E-state index contributed by atoms with van der Waals surface area (Å²) in [5.41, 5.74) is 10.9. The number of benzene rings is 3. The molecule has 0 radical (unpaired) electrons. The molecule has 0 aliphatic heterocycles. The number of rotatable bonds is 6. The number of ether oxygens (including phenoxy) is 1. The van der Waals surface area contributed by atoms with Crippen LogP contribution in [0.25, 0.3) is 10.9 Å². The molecule has 0 atom stereocenters. The number of aromatic nitrogens is 1. The number of amides is 1. The molecule has 1 amide bonds. The highest BCUT2D eigenvalue weighted by atomic mass is 19.4. The van der Waals surface area contributed by atoms with Crippen molar-refractivity contribution in [1.82, 2.24) is 9.99 Å². The number of aromatic hydroxyl groups is 1. The maximum Gasteiger partial charge on any atom is 0.573 e. The molecule has 0 saturated heterocycles. The lowest BCUT2D eigenvalue weighted by atomic mass is 10.1. The van der Waals surface area contributed by atoms with E-state index in [0.717, 1.165) is 22.0 Å². The molecule has 0 spiro atoms. The largest absolute Gasteiger partial charge is 0.573 e. The number of phenols is 1. The third-order valence-electron chi connectivity index (χ3n) is 4.97. The monoisotopic (exact) mass is 468 g/mol. The van der Waals surface area contributed by atoms with Gasteiger partial charge in [-0.15, -0.1) is 13.2 Å². The molecule has 174 valence electrons. The summed E-state index contributed by atoms with van der Waals surface area (Å²) < 4.78 is 42.8. The number of nitrogen functional groups attached to an aromatic ring is 1. The second kappa shape index (κ2) is 9.18. The van der Waals surface area contributed by atoms with Crippen LogP contribution in [0.15, 0.2) is 78.0 Å². The minimum absolute atomic E-state index is 0.0946. The van der Waals surface area contributed by atoms with Gasteiger partial charge in [-0.3, -0.25) is 4.79 Å². The van der Waals surface area contributed by atoms with Crippen molar-refractivity contribution in [2.24, 2.45) is 5.10 Å². The number of fused-ring (bicyclic) bond motifs is 1. The molecule has 0 bridgehead atoms. The van der Waals surface area contributed by atoms with Crippen molar-refractivity contribution in [1.29, 1.82) is 0 Å². The first-order valence-corrected chi connectivity index (χ1v) is 10.0. The summed E-state index contributed by atoms with van der Waals surface area (Å²) in [7, 11) is 0. The quantitative estimate of drug-likeness (QED) is 0.166. The van der Waals surface area contributed by atoms with Crippen molar-refractivity contribution in [3.8, 4) is 11.5 Å². The number of hydrogen-bond acceptors (Lipinski definition) is 5. The minimum Gasteiger partial charge on any atom is -0.506 e. The van der Waals surface area contributed by atoms with Gasteiger partial charge in [0.25, 0.3) is 5.91 Å². The number of carbonyl (C=O) groups excluding carboxylic acids is 1. The summed E-state index contributed by atoms with van der Waals surface area (Å²) in [4.78, 5) is 12.1. The number of nitrogens with zero attached hydrogens (tertiary/aromatic N) is 2. The second-order valence-corrected chi connectivity index (χ2v) is 7.43. The van der Waals surface area contributed by atoms with Crippen molar-refractivity contribution in [3.63, 3.8) is 0 Å². The van der Waals surface area contributed by atoms with Gasteiger partial charge in [-0.25, -0.2) is 5.43 Å². The number of hydrogen-bond donors (Lipinski definition) is 3. The molecule has 0 aliphatic rings. The van der Waals surface area contributed by atoms with E-state index in [9.17, 15) is 23.1 Å². The molecule has 0 fully saturated rings. The van der Waals surface area contributed by atoms with E-state index in [0.29, 0.717) is 6.54 Å². The normalized spacial score (nSPS) is 11.7. The first-order chi connectivity index (χ1) is 16.2. The zero-order valence-corrected chi connectivity index (χ0v) is 17.6. The maximum atomic E-state index is 12.3. The van der Waals surface area contributed by atoms with E-state index in [1.807, 2.05) is 35.0 Å². The zero-order chi connectivity index (χ0) is 24.3. The summed E-state index contributed by atoms with van der Waals surface area (Å²) in [6.07, 6.45) is -1.35. The van der Waals surface area contributed by atoms with E-state index < -0.39 is 12.3 Å². The van der Waals surface area contributed by atoms with E-state index in [4.69, 9.17) is 5.73 Å². The Morgan fingerprint density at radius 3 is 2.56 bits per heavy atom. The molecular formula is C24H19F3N4O3. The Morgan fingerprint density at radius 1 is 1.09 bits per heavy atom. The molecule has 0 unspecified atom stereocenters. The molecule has 10 heteroatoms. The lowest BCUT2D eigenvalue weighted by Gasteiger charge is -2.10. The van der Waals surface area contributed by atoms with Crippen LogP contribution in [0.3, 0.4) is 0 Å². The Kier molecular flexibility index (Phi) is 6.13. The minimum atomic E-state index is -4.72. The van der Waals surface area contributed by atoms with Gasteiger partial charge in [0.15, 0.2) is 0 Å². The molecule has 4 rings (SSSR count). The standard InChI is InChI=1S/C24H19F3N4O3/c25-24(26,27)34-19-5-1-15(2-6-19)14-31-10-9-17-11-16(3-7-21(17)31)13-29-30-23(33)18-4-8-22(32)20(28)12-18/h1-13,32H,14,28H2,(H,30,33)/b29-13+. The molecule has 4 N–H and O–H groups in total. The number of carbonyl (C=O) groups is 1. The van der Waals surface area contributed by atoms with Gasteiger partial charge >= 0.3 is 6.36 Å². The molecule has 0 aliphatic carbocycles.